The molecule has 3 nitrogen and oxygen atoms in total. The lowest BCUT2D eigenvalue weighted by molar-refractivity contribution is -0.143. The van der Waals surface area contributed by atoms with Crippen molar-refractivity contribution < 1.29 is 18.3 Å². The van der Waals surface area contributed by atoms with Crippen LogP contribution in [-0.2, 0) is 9.53 Å². The van der Waals surface area contributed by atoms with E-state index in [0.717, 1.165) is 16.7 Å². The molecule has 2 aromatic rings. The fourth-order valence-corrected chi connectivity index (χ4v) is 3.06. The van der Waals surface area contributed by atoms with Gasteiger partial charge in [0.15, 0.2) is 0 Å². The minimum atomic E-state index is -0.807. The molecule has 6 heteroatoms. The minimum absolute atomic E-state index is 0. The Kier molecular flexibility index (Phi) is 7.72. The number of hydrogen-bond acceptors (Lipinski definition) is 3. The molecule has 0 saturated heterocycles. The molecule has 1 atom stereocenters. The van der Waals surface area contributed by atoms with Gasteiger partial charge in [0.2, 0.25) is 0 Å². The second-order valence-electron chi connectivity index (χ2n) is 6.17. The summed E-state index contributed by atoms with van der Waals surface area (Å²) in [6, 6.07) is 5.40. The summed E-state index contributed by atoms with van der Waals surface area (Å²) in [5.74, 6) is -1.20. The van der Waals surface area contributed by atoms with Gasteiger partial charge in [0.05, 0.1) is 13.0 Å². The smallest absolute Gasteiger partial charge is 0.307 e. The van der Waals surface area contributed by atoms with E-state index < -0.39 is 17.8 Å². The lowest BCUT2D eigenvalue weighted by Gasteiger charge is -2.20. The number of benzene rings is 2. The molecule has 2 rings (SSSR count). The number of ether oxygens (including phenoxy) is 1. The fraction of sp³-hybridized carbons (Fsp3) is 0.350. The summed E-state index contributed by atoms with van der Waals surface area (Å²) in [7, 11) is 0. The quantitative estimate of drug-likeness (QED) is 0.744. The standard InChI is InChI=1S/C20H23F2NO2.ClH/c1-5-25-18(24)10-17(23)19-13(4)16(9-12(3)20(19)22)15-7-6-14(21)8-11(15)2;/h6-9,17H,5,10,23H2,1-4H3;1H. The third kappa shape index (κ3) is 4.59. The molecule has 0 aliphatic rings. The molecule has 0 aromatic heterocycles. The molecular formula is C20H24ClF2NO2. The van der Waals surface area contributed by atoms with Crippen molar-refractivity contribution >= 4 is 18.4 Å². The molecule has 0 aliphatic heterocycles. The first kappa shape index (κ1) is 22.1. The van der Waals surface area contributed by atoms with Crippen molar-refractivity contribution in [1.29, 1.82) is 0 Å². The van der Waals surface area contributed by atoms with E-state index in [1.807, 2.05) is 0 Å². The van der Waals surface area contributed by atoms with Gasteiger partial charge in [-0.1, -0.05) is 6.07 Å². The van der Waals surface area contributed by atoms with E-state index in [2.05, 4.69) is 0 Å². The third-order valence-electron chi connectivity index (χ3n) is 4.29. The summed E-state index contributed by atoms with van der Waals surface area (Å²) in [5, 5.41) is 0. The second-order valence-corrected chi connectivity index (χ2v) is 6.17. The lowest BCUT2D eigenvalue weighted by atomic mass is 9.88. The summed E-state index contributed by atoms with van der Waals surface area (Å²) in [6.07, 6.45) is -0.100. The normalized spacial score (nSPS) is 11.7. The molecule has 2 N–H and O–H groups in total. The summed E-state index contributed by atoms with van der Waals surface area (Å²) in [5.41, 5.74) is 9.82. The molecule has 0 saturated carbocycles. The Hall–Kier alpha value is -1.98. The Balaban J connectivity index is 0.00000338. The summed E-state index contributed by atoms with van der Waals surface area (Å²) in [4.78, 5) is 11.7. The molecule has 2 aromatic carbocycles. The number of nitrogens with two attached hydrogens (primary N) is 1. The topological polar surface area (TPSA) is 52.3 Å². The molecule has 26 heavy (non-hydrogen) atoms. The number of rotatable bonds is 5. The van der Waals surface area contributed by atoms with Crippen molar-refractivity contribution in [2.75, 3.05) is 6.61 Å². The fourth-order valence-electron chi connectivity index (χ4n) is 3.06. The minimum Gasteiger partial charge on any atom is -0.466 e. The van der Waals surface area contributed by atoms with Gasteiger partial charge in [-0.3, -0.25) is 4.79 Å². The van der Waals surface area contributed by atoms with Crippen molar-refractivity contribution in [3.63, 3.8) is 0 Å². The van der Waals surface area contributed by atoms with E-state index in [0.29, 0.717) is 16.7 Å². The van der Waals surface area contributed by atoms with Gasteiger partial charge in [0.25, 0.3) is 0 Å². The van der Waals surface area contributed by atoms with E-state index in [9.17, 15) is 13.6 Å². The molecule has 142 valence electrons. The molecule has 0 spiro atoms. The molecule has 0 aliphatic carbocycles. The van der Waals surface area contributed by atoms with Crippen LogP contribution in [0.1, 0.15) is 41.6 Å². The van der Waals surface area contributed by atoms with Gasteiger partial charge in [0, 0.05) is 11.6 Å². The maximum atomic E-state index is 14.7. The van der Waals surface area contributed by atoms with Crippen LogP contribution in [0.25, 0.3) is 11.1 Å². The second kappa shape index (κ2) is 9.10. The zero-order valence-corrected chi connectivity index (χ0v) is 16.2. The molecular weight excluding hydrogens is 360 g/mol. The van der Waals surface area contributed by atoms with E-state index in [1.54, 1.807) is 39.8 Å². The van der Waals surface area contributed by atoms with Crippen LogP contribution in [0.15, 0.2) is 24.3 Å². The summed E-state index contributed by atoms with van der Waals surface area (Å²) < 4.78 is 33.0. The zero-order chi connectivity index (χ0) is 18.7. The maximum Gasteiger partial charge on any atom is 0.307 e. The number of esters is 1. The summed E-state index contributed by atoms with van der Waals surface area (Å²) >= 11 is 0. The number of carbonyl (C=O) groups is 1. The number of aryl methyl sites for hydroxylation is 2. The number of halogens is 3. The predicted molar refractivity (Wildman–Crippen MR) is 101 cm³/mol. The van der Waals surface area contributed by atoms with Crippen LogP contribution in [0.2, 0.25) is 0 Å². The van der Waals surface area contributed by atoms with Crippen LogP contribution in [0.4, 0.5) is 8.78 Å². The van der Waals surface area contributed by atoms with E-state index in [-0.39, 0.29) is 31.3 Å². The molecule has 0 amide bonds. The van der Waals surface area contributed by atoms with Gasteiger partial charge < -0.3 is 10.5 Å². The third-order valence-corrected chi connectivity index (χ3v) is 4.29. The van der Waals surface area contributed by atoms with Gasteiger partial charge in [-0.05, 0) is 73.7 Å². The van der Waals surface area contributed by atoms with Crippen LogP contribution < -0.4 is 5.73 Å². The van der Waals surface area contributed by atoms with Gasteiger partial charge >= 0.3 is 5.97 Å². The molecule has 0 heterocycles. The molecule has 0 radical (unpaired) electrons. The number of carbonyl (C=O) groups excluding carboxylic acids is 1. The van der Waals surface area contributed by atoms with E-state index >= 15 is 0 Å². The van der Waals surface area contributed by atoms with Crippen LogP contribution in [-0.4, -0.2) is 12.6 Å². The van der Waals surface area contributed by atoms with Crippen LogP contribution >= 0.6 is 12.4 Å². The van der Waals surface area contributed by atoms with E-state index in [4.69, 9.17) is 10.5 Å². The first-order valence-corrected chi connectivity index (χ1v) is 8.23. The first-order chi connectivity index (χ1) is 11.8. The van der Waals surface area contributed by atoms with Crippen LogP contribution in [0, 0.1) is 32.4 Å². The molecule has 0 fully saturated rings. The average molecular weight is 384 g/mol. The maximum absolute atomic E-state index is 14.7. The Morgan fingerprint density at radius 3 is 2.35 bits per heavy atom. The first-order valence-electron chi connectivity index (χ1n) is 8.23. The highest BCUT2D eigenvalue weighted by Gasteiger charge is 2.23. The van der Waals surface area contributed by atoms with Gasteiger partial charge in [-0.25, -0.2) is 8.78 Å². The Labute approximate surface area is 159 Å². The molecule has 0 bridgehead atoms. The van der Waals surface area contributed by atoms with Crippen molar-refractivity contribution in [2.45, 2.75) is 40.2 Å². The van der Waals surface area contributed by atoms with Crippen molar-refractivity contribution in [3.05, 3.63) is 58.2 Å². The SMILES string of the molecule is CCOC(=O)CC(N)c1c(C)c(-c2ccc(F)cc2C)cc(C)c1F.Cl. The van der Waals surface area contributed by atoms with Crippen molar-refractivity contribution in [3.8, 4) is 11.1 Å². The zero-order valence-electron chi connectivity index (χ0n) is 15.4. The van der Waals surface area contributed by atoms with Gasteiger partial charge in [0.1, 0.15) is 11.6 Å². The van der Waals surface area contributed by atoms with E-state index in [1.165, 1.54) is 12.1 Å². The Morgan fingerprint density at radius 1 is 1.12 bits per heavy atom. The average Bonchev–Trinajstić information content (AvgIpc) is 2.52. The highest BCUT2D eigenvalue weighted by atomic mass is 35.5. The monoisotopic (exact) mass is 383 g/mol. The van der Waals surface area contributed by atoms with Crippen molar-refractivity contribution in [1.82, 2.24) is 0 Å². The summed E-state index contributed by atoms with van der Waals surface area (Å²) in [6.45, 7) is 7.17. The van der Waals surface area contributed by atoms with Crippen molar-refractivity contribution in [2.24, 2.45) is 5.73 Å². The largest absolute Gasteiger partial charge is 0.466 e. The lowest BCUT2D eigenvalue weighted by Crippen LogP contribution is -2.20. The van der Waals surface area contributed by atoms with Gasteiger partial charge in [-0.2, -0.15) is 0 Å². The van der Waals surface area contributed by atoms with Crippen LogP contribution in [0.5, 0.6) is 0 Å². The van der Waals surface area contributed by atoms with Crippen LogP contribution in [0.3, 0.4) is 0 Å². The Morgan fingerprint density at radius 2 is 1.77 bits per heavy atom. The van der Waals surface area contributed by atoms with Gasteiger partial charge in [-0.15, -0.1) is 12.4 Å². The molecule has 1 unspecified atom stereocenters. The number of hydrogen-bond donors (Lipinski definition) is 1. The highest BCUT2D eigenvalue weighted by molar-refractivity contribution is 5.85. The highest BCUT2D eigenvalue weighted by Crippen LogP contribution is 2.35. The Bertz CT molecular complexity index is 809. The predicted octanol–water partition coefficient (Wildman–Crippen LogP) is 4.93.